The van der Waals surface area contributed by atoms with Crippen molar-refractivity contribution in [2.75, 3.05) is 13.2 Å². The second kappa shape index (κ2) is 6.53. The first-order chi connectivity index (χ1) is 15.5. The summed E-state index contributed by atoms with van der Waals surface area (Å²) in [6, 6.07) is 15.5. The van der Waals surface area contributed by atoms with Gasteiger partial charge >= 0.3 is 0 Å². The minimum atomic E-state index is -1.04. The molecule has 0 atom stereocenters. The summed E-state index contributed by atoms with van der Waals surface area (Å²) in [5, 5.41) is 34.0. The highest BCUT2D eigenvalue weighted by Crippen LogP contribution is 2.43. The first kappa shape index (κ1) is 18.8. The molecule has 0 radical (unpaired) electrons. The molecule has 158 valence electrons. The number of rotatable bonds is 3. The van der Waals surface area contributed by atoms with E-state index >= 15 is 0 Å². The van der Waals surface area contributed by atoms with Crippen LogP contribution in [0, 0.1) is 0 Å². The third kappa shape index (κ3) is 2.32. The number of aromatic hydroxyl groups is 1. The van der Waals surface area contributed by atoms with Gasteiger partial charge in [0.1, 0.15) is 5.75 Å². The molecule has 1 aromatic heterocycles. The van der Waals surface area contributed by atoms with Gasteiger partial charge in [-0.2, -0.15) is 0 Å². The van der Waals surface area contributed by atoms with E-state index in [1.807, 2.05) is 36.4 Å². The number of carbonyl (C=O) groups excluding carboxylic acids is 2. The molecule has 2 heterocycles. The minimum Gasteiger partial charge on any atom is -0.508 e. The van der Waals surface area contributed by atoms with Gasteiger partial charge in [0.25, 0.3) is 11.8 Å². The topological polar surface area (TPSA) is 114 Å². The number of hydrogen-bond acceptors (Lipinski definition) is 5. The molecular weight excluding hydrogens is 408 g/mol. The molecule has 0 bridgehead atoms. The Morgan fingerprint density at radius 1 is 0.812 bits per heavy atom. The number of amides is 2. The maximum atomic E-state index is 13.5. The van der Waals surface area contributed by atoms with Crippen molar-refractivity contribution in [2.45, 2.75) is 6.04 Å². The van der Waals surface area contributed by atoms with Crippen molar-refractivity contribution in [2.24, 2.45) is 0 Å². The number of aromatic nitrogens is 1. The molecule has 7 nitrogen and oxygen atoms in total. The molecule has 1 aliphatic heterocycles. The van der Waals surface area contributed by atoms with E-state index in [0.717, 1.165) is 26.6 Å². The third-order valence-corrected chi connectivity index (χ3v) is 6.36. The first-order valence-electron chi connectivity index (χ1n) is 10.3. The van der Waals surface area contributed by atoms with E-state index in [-0.39, 0.29) is 16.9 Å². The largest absolute Gasteiger partial charge is 0.508 e. The van der Waals surface area contributed by atoms with Crippen LogP contribution in [0.5, 0.6) is 5.75 Å². The van der Waals surface area contributed by atoms with Crippen LogP contribution in [0.3, 0.4) is 0 Å². The summed E-state index contributed by atoms with van der Waals surface area (Å²) in [6.45, 7) is -1.08. The van der Waals surface area contributed by atoms with E-state index in [4.69, 9.17) is 0 Å². The van der Waals surface area contributed by atoms with Gasteiger partial charge in [-0.25, -0.2) is 0 Å². The first-order valence-corrected chi connectivity index (χ1v) is 10.3. The Balaban J connectivity index is 1.84. The number of aromatic amines is 1. The highest BCUT2D eigenvalue weighted by Gasteiger charge is 2.43. The number of hydrogen-bond donors (Lipinski definition) is 4. The van der Waals surface area contributed by atoms with Crippen LogP contribution in [-0.2, 0) is 0 Å². The lowest BCUT2D eigenvalue weighted by molar-refractivity contribution is 0.0420. The van der Waals surface area contributed by atoms with Crippen molar-refractivity contribution in [3.8, 4) is 5.75 Å². The molecule has 0 saturated heterocycles. The van der Waals surface area contributed by atoms with Crippen molar-refractivity contribution in [1.29, 1.82) is 0 Å². The van der Waals surface area contributed by atoms with Gasteiger partial charge in [-0.05, 0) is 46.5 Å². The summed E-state index contributed by atoms with van der Waals surface area (Å²) in [7, 11) is 0. The number of aliphatic hydroxyl groups is 2. The maximum absolute atomic E-state index is 13.5. The Labute approximate surface area is 181 Å². The standard InChI is InChI=1S/C25H18N2O5/c28-10-14(11-29)27-24(31)21-16-7-12-3-1-2-4-13(12)8-17(16)23-20(22(21)25(27)32)18-9-15(30)5-6-19(18)26-23/h1-9,14,26,28-30H,10-11H2. The van der Waals surface area contributed by atoms with Crippen molar-refractivity contribution >= 4 is 55.2 Å². The zero-order valence-corrected chi connectivity index (χ0v) is 16.8. The van der Waals surface area contributed by atoms with Crippen LogP contribution in [0.2, 0.25) is 0 Å². The molecule has 6 rings (SSSR count). The average molecular weight is 426 g/mol. The smallest absolute Gasteiger partial charge is 0.262 e. The predicted molar refractivity (Wildman–Crippen MR) is 121 cm³/mol. The Hall–Kier alpha value is -3.94. The van der Waals surface area contributed by atoms with E-state index < -0.39 is 31.1 Å². The second-order valence-corrected chi connectivity index (χ2v) is 8.10. The van der Waals surface area contributed by atoms with E-state index in [2.05, 4.69) is 4.98 Å². The molecule has 32 heavy (non-hydrogen) atoms. The van der Waals surface area contributed by atoms with E-state index in [1.165, 1.54) is 0 Å². The Morgan fingerprint density at radius 3 is 2.16 bits per heavy atom. The van der Waals surface area contributed by atoms with Crippen LogP contribution in [-0.4, -0.2) is 56.3 Å². The Morgan fingerprint density at radius 2 is 1.47 bits per heavy atom. The zero-order chi connectivity index (χ0) is 22.1. The van der Waals surface area contributed by atoms with Crippen LogP contribution in [0.1, 0.15) is 20.7 Å². The number of nitrogens with zero attached hydrogens (tertiary/aromatic N) is 1. The summed E-state index contributed by atoms with van der Waals surface area (Å²) in [4.78, 5) is 31.3. The Kier molecular flexibility index (Phi) is 3.83. The number of benzene rings is 4. The molecule has 0 fully saturated rings. The number of carbonyl (C=O) groups is 2. The van der Waals surface area contributed by atoms with Gasteiger partial charge in [-0.1, -0.05) is 24.3 Å². The number of imide groups is 1. The van der Waals surface area contributed by atoms with Gasteiger partial charge < -0.3 is 20.3 Å². The summed E-state index contributed by atoms with van der Waals surface area (Å²) < 4.78 is 0. The van der Waals surface area contributed by atoms with Crippen molar-refractivity contribution in [3.05, 3.63) is 65.7 Å². The summed E-state index contributed by atoms with van der Waals surface area (Å²) in [5.74, 6) is -1.07. The summed E-state index contributed by atoms with van der Waals surface area (Å²) in [6.07, 6.45) is 0. The number of phenolic OH excluding ortho intramolecular Hbond substituents is 1. The van der Waals surface area contributed by atoms with Crippen LogP contribution in [0.15, 0.2) is 54.6 Å². The van der Waals surface area contributed by atoms with Crippen molar-refractivity contribution in [1.82, 2.24) is 9.88 Å². The van der Waals surface area contributed by atoms with E-state index in [9.17, 15) is 24.9 Å². The van der Waals surface area contributed by atoms with Gasteiger partial charge in [-0.3, -0.25) is 14.5 Å². The highest BCUT2D eigenvalue weighted by molar-refractivity contribution is 6.37. The van der Waals surface area contributed by atoms with Crippen molar-refractivity contribution < 1.29 is 24.9 Å². The Bertz CT molecular complexity index is 1610. The lowest BCUT2D eigenvalue weighted by Crippen LogP contribution is -2.44. The number of fused-ring (bicyclic) bond motifs is 9. The second-order valence-electron chi connectivity index (χ2n) is 8.10. The third-order valence-electron chi connectivity index (χ3n) is 6.36. The van der Waals surface area contributed by atoms with E-state index in [1.54, 1.807) is 18.2 Å². The molecule has 0 unspecified atom stereocenters. The molecule has 2 amide bonds. The number of aliphatic hydroxyl groups excluding tert-OH is 2. The summed E-state index contributed by atoms with van der Waals surface area (Å²) in [5.41, 5.74) is 1.88. The molecule has 0 aliphatic carbocycles. The number of nitrogens with one attached hydrogen (secondary N) is 1. The predicted octanol–water partition coefficient (Wildman–Crippen LogP) is 3.28. The van der Waals surface area contributed by atoms with Crippen LogP contribution in [0.25, 0.3) is 43.4 Å². The quantitative estimate of drug-likeness (QED) is 0.261. The fourth-order valence-electron chi connectivity index (χ4n) is 4.88. The molecule has 7 heteroatoms. The fourth-order valence-corrected chi connectivity index (χ4v) is 4.88. The normalized spacial score (nSPS) is 14.0. The molecule has 4 aromatic carbocycles. The number of phenols is 1. The van der Waals surface area contributed by atoms with Gasteiger partial charge in [0.05, 0.1) is 35.9 Å². The van der Waals surface area contributed by atoms with Gasteiger partial charge in [0, 0.05) is 21.7 Å². The molecule has 5 aromatic rings. The van der Waals surface area contributed by atoms with Crippen LogP contribution in [0.4, 0.5) is 0 Å². The molecule has 0 spiro atoms. The van der Waals surface area contributed by atoms with E-state index in [0.29, 0.717) is 21.7 Å². The molecule has 0 saturated carbocycles. The number of H-pyrrole nitrogens is 1. The lowest BCUT2D eigenvalue weighted by Gasteiger charge is -2.22. The molecule has 1 aliphatic rings. The van der Waals surface area contributed by atoms with Gasteiger partial charge in [-0.15, -0.1) is 0 Å². The maximum Gasteiger partial charge on any atom is 0.262 e. The van der Waals surface area contributed by atoms with Crippen LogP contribution >= 0.6 is 0 Å². The van der Waals surface area contributed by atoms with Crippen molar-refractivity contribution in [3.63, 3.8) is 0 Å². The zero-order valence-electron chi connectivity index (χ0n) is 16.8. The monoisotopic (exact) mass is 426 g/mol. The highest BCUT2D eigenvalue weighted by atomic mass is 16.3. The van der Waals surface area contributed by atoms with Gasteiger partial charge in [0.2, 0.25) is 0 Å². The summed E-state index contributed by atoms with van der Waals surface area (Å²) >= 11 is 0. The molecule has 4 N–H and O–H groups in total. The lowest BCUT2D eigenvalue weighted by atomic mass is 9.93. The average Bonchev–Trinajstić information content (AvgIpc) is 3.29. The molecular formula is C25H18N2O5. The van der Waals surface area contributed by atoms with Gasteiger partial charge in [0.15, 0.2) is 0 Å². The van der Waals surface area contributed by atoms with Crippen LogP contribution < -0.4 is 0 Å². The SMILES string of the molecule is O=C1c2c(c3c4cc(O)ccc4[nH]c3c3cc4ccccc4cc23)C(=O)N1C(CO)CO. The fraction of sp³-hybridized carbons (Fsp3) is 0.120. The minimum absolute atomic E-state index is 0.0444.